The van der Waals surface area contributed by atoms with Gasteiger partial charge >= 0.3 is 0 Å². The van der Waals surface area contributed by atoms with Gasteiger partial charge < -0.3 is 9.64 Å². The van der Waals surface area contributed by atoms with Crippen molar-refractivity contribution in [3.8, 4) is 5.75 Å². The highest BCUT2D eigenvalue weighted by atomic mass is 16.5. The van der Waals surface area contributed by atoms with Crippen molar-refractivity contribution in [3.63, 3.8) is 0 Å². The van der Waals surface area contributed by atoms with Gasteiger partial charge in [0.15, 0.2) is 5.78 Å². The molecular weight excluding hydrogens is 290 g/mol. The first-order chi connectivity index (χ1) is 11.0. The Hall–Kier alpha value is -2.62. The zero-order valence-corrected chi connectivity index (χ0v) is 13.7. The average molecular weight is 311 g/mol. The van der Waals surface area contributed by atoms with Crippen LogP contribution in [0.3, 0.4) is 0 Å². The second-order valence-corrected chi connectivity index (χ2v) is 5.49. The van der Waals surface area contributed by atoms with Crippen molar-refractivity contribution in [2.45, 2.75) is 19.9 Å². The number of ether oxygens (including phenoxy) is 1. The maximum atomic E-state index is 12.5. The number of Topliss-reactive ketones (excluding diaryl/α,β-unsaturated/α-hetero) is 1. The first kappa shape index (κ1) is 16.7. The Balaban J connectivity index is 2.12. The van der Waals surface area contributed by atoms with E-state index in [1.165, 1.54) is 6.92 Å². The predicted octanol–water partition coefficient (Wildman–Crippen LogP) is 3.10. The Bertz CT molecular complexity index is 695. The molecule has 120 valence electrons. The molecule has 2 rings (SSSR count). The molecule has 4 nitrogen and oxygen atoms in total. The monoisotopic (exact) mass is 311 g/mol. The molecule has 1 amide bonds. The van der Waals surface area contributed by atoms with Crippen molar-refractivity contribution < 1.29 is 14.3 Å². The van der Waals surface area contributed by atoms with E-state index >= 15 is 0 Å². The van der Waals surface area contributed by atoms with Crippen LogP contribution >= 0.6 is 0 Å². The van der Waals surface area contributed by atoms with Crippen LogP contribution in [0.25, 0.3) is 0 Å². The summed E-state index contributed by atoms with van der Waals surface area (Å²) in [4.78, 5) is 25.6. The fourth-order valence-corrected chi connectivity index (χ4v) is 2.38. The van der Waals surface area contributed by atoms with Crippen LogP contribution in [-0.4, -0.2) is 30.7 Å². The normalized spacial score (nSPS) is 10.2. The summed E-state index contributed by atoms with van der Waals surface area (Å²) in [6, 6.07) is 15.0. The number of rotatable bonds is 6. The molecule has 0 N–H and O–H groups in total. The van der Waals surface area contributed by atoms with Crippen LogP contribution in [0.5, 0.6) is 5.75 Å². The van der Waals surface area contributed by atoms with E-state index in [0.717, 1.165) is 11.1 Å². The summed E-state index contributed by atoms with van der Waals surface area (Å²) in [7, 11) is 3.33. The molecule has 0 aromatic heterocycles. The lowest BCUT2D eigenvalue weighted by Gasteiger charge is -2.18. The van der Waals surface area contributed by atoms with Crippen LogP contribution in [-0.2, 0) is 17.8 Å². The van der Waals surface area contributed by atoms with E-state index in [1.54, 1.807) is 37.3 Å². The van der Waals surface area contributed by atoms with Gasteiger partial charge in [-0.05, 0) is 30.7 Å². The SMILES string of the molecule is COc1ccc(C(C)=O)cc1CC(=O)N(C)Cc1ccccc1. The summed E-state index contributed by atoms with van der Waals surface area (Å²) < 4.78 is 5.30. The van der Waals surface area contributed by atoms with Crippen molar-refractivity contribution in [3.05, 3.63) is 65.2 Å². The summed E-state index contributed by atoms with van der Waals surface area (Å²) in [5.41, 5.74) is 2.39. The third-order valence-corrected chi connectivity index (χ3v) is 3.72. The molecule has 0 radical (unpaired) electrons. The Morgan fingerprint density at radius 1 is 1.09 bits per heavy atom. The smallest absolute Gasteiger partial charge is 0.227 e. The molecule has 0 saturated carbocycles. The third-order valence-electron chi connectivity index (χ3n) is 3.72. The lowest BCUT2D eigenvalue weighted by atomic mass is 10.0. The van der Waals surface area contributed by atoms with E-state index < -0.39 is 0 Å². The Morgan fingerprint density at radius 2 is 1.78 bits per heavy atom. The number of ketones is 1. The van der Waals surface area contributed by atoms with Gasteiger partial charge in [-0.25, -0.2) is 0 Å². The van der Waals surface area contributed by atoms with Crippen molar-refractivity contribution >= 4 is 11.7 Å². The van der Waals surface area contributed by atoms with Gasteiger partial charge in [0.2, 0.25) is 5.91 Å². The molecule has 0 spiro atoms. The second kappa shape index (κ2) is 7.58. The van der Waals surface area contributed by atoms with Crippen LogP contribution < -0.4 is 4.74 Å². The minimum Gasteiger partial charge on any atom is -0.496 e. The summed E-state index contributed by atoms with van der Waals surface area (Å²) in [5.74, 6) is 0.573. The number of likely N-dealkylation sites (N-methyl/N-ethyl adjacent to an activating group) is 1. The molecule has 0 bridgehead atoms. The van der Waals surface area contributed by atoms with Gasteiger partial charge in [-0.2, -0.15) is 0 Å². The van der Waals surface area contributed by atoms with E-state index in [0.29, 0.717) is 17.9 Å². The molecule has 0 fully saturated rings. The predicted molar refractivity (Wildman–Crippen MR) is 89.6 cm³/mol. The standard InChI is InChI=1S/C19H21NO3/c1-14(21)16-9-10-18(23-3)17(11-16)12-19(22)20(2)13-15-7-5-4-6-8-15/h4-11H,12-13H2,1-3H3. The maximum absolute atomic E-state index is 12.5. The number of methoxy groups -OCH3 is 1. The quantitative estimate of drug-likeness (QED) is 0.770. The molecule has 23 heavy (non-hydrogen) atoms. The minimum atomic E-state index is -0.0287. The minimum absolute atomic E-state index is 0.0205. The number of hydrogen-bond donors (Lipinski definition) is 0. The number of carbonyl (C=O) groups is 2. The molecule has 0 atom stereocenters. The summed E-state index contributed by atoms with van der Waals surface area (Å²) in [6.45, 7) is 2.06. The first-order valence-electron chi connectivity index (χ1n) is 7.47. The highest BCUT2D eigenvalue weighted by Crippen LogP contribution is 2.21. The van der Waals surface area contributed by atoms with E-state index in [-0.39, 0.29) is 18.1 Å². The van der Waals surface area contributed by atoms with E-state index in [2.05, 4.69) is 0 Å². The Morgan fingerprint density at radius 3 is 2.39 bits per heavy atom. The number of nitrogens with zero attached hydrogens (tertiary/aromatic N) is 1. The first-order valence-corrected chi connectivity index (χ1v) is 7.47. The molecule has 0 aliphatic carbocycles. The van der Waals surface area contributed by atoms with Gasteiger partial charge in [0.05, 0.1) is 13.5 Å². The molecule has 0 saturated heterocycles. The van der Waals surface area contributed by atoms with Gasteiger partial charge in [-0.1, -0.05) is 30.3 Å². The van der Waals surface area contributed by atoms with Crippen molar-refractivity contribution in [2.75, 3.05) is 14.2 Å². The van der Waals surface area contributed by atoms with Gasteiger partial charge in [0, 0.05) is 24.7 Å². The molecule has 0 heterocycles. The van der Waals surface area contributed by atoms with Crippen molar-refractivity contribution in [1.29, 1.82) is 0 Å². The average Bonchev–Trinajstić information content (AvgIpc) is 2.55. The zero-order chi connectivity index (χ0) is 16.8. The summed E-state index contributed by atoms with van der Waals surface area (Å²) >= 11 is 0. The Labute approximate surface area is 136 Å². The van der Waals surface area contributed by atoms with Gasteiger partial charge in [0.25, 0.3) is 0 Å². The van der Waals surface area contributed by atoms with Gasteiger partial charge in [0.1, 0.15) is 5.75 Å². The number of hydrogen-bond acceptors (Lipinski definition) is 3. The lowest BCUT2D eigenvalue weighted by molar-refractivity contribution is -0.129. The molecule has 4 heteroatoms. The highest BCUT2D eigenvalue weighted by Gasteiger charge is 2.15. The van der Waals surface area contributed by atoms with E-state index in [4.69, 9.17) is 4.74 Å². The van der Waals surface area contributed by atoms with Crippen LogP contribution in [0.15, 0.2) is 48.5 Å². The van der Waals surface area contributed by atoms with Gasteiger partial charge in [-0.3, -0.25) is 9.59 Å². The number of amides is 1. The number of benzene rings is 2. The number of carbonyl (C=O) groups excluding carboxylic acids is 2. The second-order valence-electron chi connectivity index (χ2n) is 5.49. The third kappa shape index (κ3) is 4.42. The molecule has 0 aliphatic rings. The fourth-order valence-electron chi connectivity index (χ4n) is 2.38. The van der Waals surface area contributed by atoms with Crippen molar-refractivity contribution in [2.24, 2.45) is 0 Å². The fraction of sp³-hybridized carbons (Fsp3) is 0.263. The van der Waals surface area contributed by atoms with Crippen LogP contribution in [0.2, 0.25) is 0 Å². The maximum Gasteiger partial charge on any atom is 0.227 e. The van der Waals surface area contributed by atoms with Crippen LogP contribution in [0.1, 0.15) is 28.4 Å². The molecular formula is C19H21NO3. The Kier molecular flexibility index (Phi) is 5.52. The van der Waals surface area contributed by atoms with Gasteiger partial charge in [-0.15, -0.1) is 0 Å². The van der Waals surface area contributed by atoms with Crippen molar-refractivity contribution in [1.82, 2.24) is 4.90 Å². The molecule has 2 aromatic carbocycles. The largest absolute Gasteiger partial charge is 0.496 e. The van der Waals surface area contributed by atoms with E-state index in [9.17, 15) is 9.59 Å². The molecule has 2 aromatic rings. The van der Waals surface area contributed by atoms with Crippen LogP contribution in [0.4, 0.5) is 0 Å². The highest BCUT2D eigenvalue weighted by molar-refractivity contribution is 5.94. The lowest BCUT2D eigenvalue weighted by Crippen LogP contribution is -2.27. The molecule has 0 unspecified atom stereocenters. The van der Waals surface area contributed by atoms with Crippen LogP contribution in [0, 0.1) is 0 Å². The summed E-state index contributed by atoms with van der Waals surface area (Å²) in [6.07, 6.45) is 0.202. The topological polar surface area (TPSA) is 46.6 Å². The summed E-state index contributed by atoms with van der Waals surface area (Å²) in [5, 5.41) is 0. The van der Waals surface area contributed by atoms with E-state index in [1.807, 2.05) is 30.3 Å². The molecule has 0 aliphatic heterocycles. The zero-order valence-electron chi connectivity index (χ0n) is 13.7.